The van der Waals surface area contributed by atoms with E-state index in [0.29, 0.717) is 5.56 Å². The number of methoxy groups -OCH3 is 3. The molecule has 0 saturated carbocycles. The summed E-state index contributed by atoms with van der Waals surface area (Å²) in [5.41, 5.74) is 0.369. The lowest BCUT2D eigenvalue weighted by atomic mass is 9.95. The van der Waals surface area contributed by atoms with Crippen molar-refractivity contribution in [1.29, 1.82) is 0 Å². The van der Waals surface area contributed by atoms with Crippen molar-refractivity contribution in [3.05, 3.63) is 35.6 Å². The van der Waals surface area contributed by atoms with Gasteiger partial charge in [-0.05, 0) is 17.7 Å². The molecule has 1 N–H and O–H groups in total. The number of benzene rings is 1. The molecular formula is C17H20FNO7. The first-order chi connectivity index (χ1) is 12.3. The summed E-state index contributed by atoms with van der Waals surface area (Å²) in [7, 11) is 3.27. The van der Waals surface area contributed by atoms with Crippen LogP contribution in [-0.4, -0.2) is 51.2 Å². The maximum atomic E-state index is 13.2. The van der Waals surface area contributed by atoms with Gasteiger partial charge in [0.25, 0.3) is 0 Å². The first-order valence-electron chi connectivity index (χ1n) is 7.58. The van der Waals surface area contributed by atoms with Gasteiger partial charge >= 0.3 is 17.9 Å². The molecule has 0 aliphatic heterocycles. The van der Waals surface area contributed by atoms with Crippen LogP contribution >= 0.6 is 0 Å². The van der Waals surface area contributed by atoms with Gasteiger partial charge in [0.1, 0.15) is 11.9 Å². The Kier molecular flexibility index (Phi) is 8.20. The predicted molar refractivity (Wildman–Crippen MR) is 86.2 cm³/mol. The standard InChI is InChI=1S/C17H20FNO7/c1-24-14(21)9-12(16(22)25-2)15(17(23)26-3)19-13(20)8-10-5-4-6-11(18)7-10/h4-7,12,15H,8-9H2,1-3H3,(H,19,20)/t12-,15-/m1/s1. The molecule has 0 fully saturated rings. The highest BCUT2D eigenvalue weighted by Crippen LogP contribution is 2.15. The first kappa shape index (κ1) is 21.1. The van der Waals surface area contributed by atoms with Gasteiger partial charge in [-0.3, -0.25) is 14.4 Å². The Balaban J connectivity index is 2.98. The normalized spacial score (nSPS) is 12.5. The third-order valence-corrected chi connectivity index (χ3v) is 3.55. The Labute approximate surface area is 149 Å². The second-order valence-electron chi connectivity index (χ2n) is 5.28. The van der Waals surface area contributed by atoms with Crippen molar-refractivity contribution in [2.75, 3.05) is 21.3 Å². The number of esters is 3. The van der Waals surface area contributed by atoms with Gasteiger partial charge in [0.05, 0.1) is 40.1 Å². The molecule has 0 unspecified atom stereocenters. The molecule has 26 heavy (non-hydrogen) atoms. The van der Waals surface area contributed by atoms with Crippen molar-refractivity contribution < 1.29 is 37.8 Å². The lowest BCUT2D eigenvalue weighted by Gasteiger charge is -2.23. The van der Waals surface area contributed by atoms with E-state index in [9.17, 15) is 23.6 Å². The van der Waals surface area contributed by atoms with E-state index in [1.807, 2.05) is 0 Å². The van der Waals surface area contributed by atoms with E-state index < -0.39 is 48.0 Å². The minimum Gasteiger partial charge on any atom is -0.469 e. The Morgan fingerprint density at radius 2 is 1.69 bits per heavy atom. The molecule has 9 heteroatoms. The second kappa shape index (κ2) is 10.1. The van der Waals surface area contributed by atoms with Gasteiger partial charge in [-0.25, -0.2) is 9.18 Å². The molecule has 142 valence electrons. The zero-order valence-corrected chi connectivity index (χ0v) is 14.6. The first-order valence-corrected chi connectivity index (χ1v) is 7.58. The number of amides is 1. The lowest BCUT2D eigenvalue weighted by Crippen LogP contribution is -2.50. The van der Waals surface area contributed by atoms with E-state index in [4.69, 9.17) is 0 Å². The molecule has 0 aliphatic carbocycles. The van der Waals surface area contributed by atoms with Crippen LogP contribution in [0.1, 0.15) is 12.0 Å². The fourth-order valence-electron chi connectivity index (χ4n) is 2.26. The van der Waals surface area contributed by atoms with Crippen LogP contribution in [0.2, 0.25) is 0 Å². The molecule has 1 aromatic carbocycles. The molecule has 0 aromatic heterocycles. The fourth-order valence-corrected chi connectivity index (χ4v) is 2.26. The van der Waals surface area contributed by atoms with Crippen molar-refractivity contribution in [2.24, 2.45) is 5.92 Å². The van der Waals surface area contributed by atoms with Crippen LogP contribution in [0.3, 0.4) is 0 Å². The van der Waals surface area contributed by atoms with Gasteiger partial charge in [-0.15, -0.1) is 0 Å². The highest BCUT2D eigenvalue weighted by molar-refractivity contribution is 5.91. The molecule has 1 aromatic rings. The molecule has 1 rings (SSSR count). The van der Waals surface area contributed by atoms with E-state index in [1.165, 1.54) is 24.3 Å². The number of ether oxygens (including phenoxy) is 3. The molecule has 0 saturated heterocycles. The summed E-state index contributed by atoms with van der Waals surface area (Å²) in [6.45, 7) is 0. The van der Waals surface area contributed by atoms with Crippen molar-refractivity contribution in [3.8, 4) is 0 Å². The summed E-state index contributed by atoms with van der Waals surface area (Å²) >= 11 is 0. The molecular weight excluding hydrogens is 349 g/mol. The topological polar surface area (TPSA) is 108 Å². The molecule has 1 amide bonds. The van der Waals surface area contributed by atoms with Gasteiger partial charge in [-0.2, -0.15) is 0 Å². The molecule has 0 radical (unpaired) electrons. The van der Waals surface area contributed by atoms with E-state index in [2.05, 4.69) is 19.5 Å². The zero-order chi connectivity index (χ0) is 19.7. The molecule has 0 aliphatic rings. The SMILES string of the molecule is COC(=O)C[C@@H](C(=O)OC)[C@@H](NC(=O)Cc1cccc(F)c1)C(=O)OC. The minimum absolute atomic E-state index is 0.239. The smallest absolute Gasteiger partial charge is 0.329 e. The number of halogens is 1. The fraction of sp³-hybridized carbons (Fsp3) is 0.412. The predicted octanol–water partition coefficient (Wildman–Crippen LogP) is 0.378. The number of hydrogen-bond acceptors (Lipinski definition) is 7. The number of hydrogen-bond donors (Lipinski definition) is 1. The number of nitrogens with one attached hydrogen (secondary N) is 1. The van der Waals surface area contributed by atoms with Gasteiger partial charge in [0.2, 0.25) is 5.91 Å². The average molecular weight is 369 g/mol. The van der Waals surface area contributed by atoms with Crippen LogP contribution in [0.5, 0.6) is 0 Å². The monoisotopic (exact) mass is 369 g/mol. The maximum Gasteiger partial charge on any atom is 0.329 e. The molecule has 0 bridgehead atoms. The van der Waals surface area contributed by atoms with Crippen molar-refractivity contribution in [3.63, 3.8) is 0 Å². The summed E-state index contributed by atoms with van der Waals surface area (Å²) in [6.07, 6.45) is -0.736. The van der Waals surface area contributed by atoms with Crippen molar-refractivity contribution in [2.45, 2.75) is 18.9 Å². The van der Waals surface area contributed by atoms with Gasteiger partial charge in [0, 0.05) is 0 Å². The lowest BCUT2D eigenvalue weighted by molar-refractivity contribution is -0.159. The largest absolute Gasteiger partial charge is 0.469 e. The summed E-state index contributed by atoms with van der Waals surface area (Å²) in [6, 6.07) is 3.89. The molecule has 0 spiro atoms. The highest BCUT2D eigenvalue weighted by Gasteiger charge is 2.38. The molecule has 8 nitrogen and oxygen atoms in total. The van der Waals surface area contributed by atoms with E-state index >= 15 is 0 Å². The highest BCUT2D eigenvalue weighted by atomic mass is 19.1. The number of carbonyl (C=O) groups excluding carboxylic acids is 4. The summed E-state index contributed by atoms with van der Waals surface area (Å²) < 4.78 is 26.9. The van der Waals surface area contributed by atoms with Gasteiger partial charge in [-0.1, -0.05) is 12.1 Å². The van der Waals surface area contributed by atoms with Crippen LogP contribution in [0.15, 0.2) is 24.3 Å². The van der Waals surface area contributed by atoms with Gasteiger partial charge in [0.15, 0.2) is 0 Å². The Morgan fingerprint density at radius 3 is 2.23 bits per heavy atom. The number of carbonyl (C=O) groups is 4. The van der Waals surface area contributed by atoms with Gasteiger partial charge < -0.3 is 19.5 Å². The zero-order valence-electron chi connectivity index (χ0n) is 14.6. The average Bonchev–Trinajstić information content (AvgIpc) is 2.62. The van der Waals surface area contributed by atoms with E-state index in [-0.39, 0.29) is 6.42 Å². The third-order valence-electron chi connectivity index (χ3n) is 3.55. The molecule has 0 heterocycles. The molecule has 2 atom stereocenters. The summed E-state index contributed by atoms with van der Waals surface area (Å²) in [5.74, 6) is -5.11. The summed E-state index contributed by atoms with van der Waals surface area (Å²) in [4.78, 5) is 47.8. The third kappa shape index (κ3) is 6.15. The Morgan fingerprint density at radius 1 is 1.04 bits per heavy atom. The van der Waals surface area contributed by atoms with Crippen molar-refractivity contribution >= 4 is 23.8 Å². The summed E-state index contributed by atoms with van der Waals surface area (Å²) in [5, 5.41) is 2.34. The van der Waals surface area contributed by atoms with Crippen LogP contribution in [0, 0.1) is 11.7 Å². The minimum atomic E-state index is -1.47. The van der Waals surface area contributed by atoms with Crippen LogP contribution < -0.4 is 5.32 Å². The van der Waals surface area contributed by atoms with E-state index in [0.717, 1.165) is 21.3 Å². The second-order valence-corrected chi connectivity index (χ2v) is 5.28. The quantitative estimate of drug-likeness (QED) is 0.521. The Hall–Kier alpha value is -2.97. The van der Waals surface area contributed by atoms with Crippen LogP contribution in [0.25, 0.3) is 0 Å². The maximum absolute atomic E-state index is 13.2. The van der Waals surface area contributed by atoms with Crippen LogP contribution in [0.4, 0.5) is 4.39 Å². The van der Waals surface area contributed by atoms with Crippen LogP contribution in [-0.2, 0) is 39.8 Å². The Bertz CT molecular complexity index is 677. The van der Waals surface area contributed by atoms with E-state index in [1.54, 1.807) is 0 Å². The van der Waals surface area contributed by atoms with Crippen molar-refractivity contribution in [1.82, 2.24) is 5.32 Å². The number of rotatable bonds is 8.